The van der Waals surface area contributed by atoms with Crippen LogP contribution in [0.25, 0.3) is 22.2 Å². The van der Waals surface area contributed by atoms with Gasteiger partial charge in [-0.1, -0.05) is 0 Å². The van der Waals surface area contributed by atoms with Crippen LogP contribution in [0.4, 0.5) is 4.39 Å². The van der Waals surface area contributed by atoms with Crippen molar-refractivity contribution in [3.8, 4) is 28.8 Å². The van der Waals surface area contributed by atoms with Gasteiger partial charge in [-0.15, -0.1) is 0 Å². The maximum atomic E-state index is 13.4. The van der Waals surface area contributed by atoms with Crippen LogP contribution < -0.4 is 0 Å². The van der Waals surface area contributed by atoms with Gasteiger partial charge < -0.3 is 10.2 Å². The van der Waals surface area contributed by atoms with Crippen LogP contribution in [-0.4, -0.2) is 15.2 Å². The molecule has 0 radical (unpaired) electrons. The molecule has 0 aliphatic carbocycles. The Morgan fingerprint density at radius 1 is 1.05 bits per heavy atom. The molecule has 2 N–H and O–H groups in total. The molecule has 0 aliphatic heterocycles. The summed E-state index contributed by atoms with van der Waals surface area (Å²) in [5, 5.41) is 28.5. The van der Waals surface area contributed by atoms with Crippen molar-refractivity contribution in [3.05, 3.63) is 53.8 Å². The third-order valence-corrected chi connectivity index (χ3v) is 3.16. The van der Waals surface area contributed by atoms with Crippen molar-refractivity contribution in [1.82, 2.24) is 4.98 Å². The average Bonchev–Trinajstić information content (AvgIpc) is 2.49. The van der Waals surface area contributed by atoms with Gasteiger partial charge in [-0.25, -0.2) is 9.37 Å². The quantitative estimate of drug-likeness (QED) is 0.716. The molecule has 3 rings (SSSR count). The van der Waals surface area contributed by atoms with Gasteiger partial charge in [0.1, 0.15) is 5.75 Å². The number of halogens is 1. The van der Waals surface area contributed by atoms with Crippen molar-refractivity contribution >= 4 is 10.9 Å². The third kappa shape index (κ3) is 2.23. The molecular weight excluding hydrogens is 271 g/mol. The zero-order chi connectivity index (χ0) is 15.0. The van der Waals surface area contributed by atoms with Gasteiger partial charge in [0.25, 0.3) is 0 Å². The lowest BCUT2D eigenvalue weighted by molar-refractivity contribution is 0.432. The number of nitrogens with zero attached hydrogens (tertiary/aromatic N) is 2. The standard InChI is InChI=1S/C16H9FN2O2/c17-13-5-9(1-4-16(13)21)15-6-10(8-18)12-7-11(20)2-3-14(12)19-15/h1-7,20-21H. The Bertz CT molecular complexity index is 901. The predicted molar refractivity (Wildman–Crippen MR) is 75.2 cm³/mol. The Labute approximate surface area is 119 Å². The molecule has 0 saturated heterocycles. The van der Waals surface area contributed by atoms with Gasteiger partial charge in [0.2, 0.25) is 0 Å². The Morgan fingerprint density at radius 3 is 2.57 bits per heavy atom. The summed E-state index contributed by atoms with van der Waals surface area (Å²) in [4.78, 5) is 4.36. The molecule has 0 atom stereocenters. The molecule has 4 nitrogen and oxygen atoms in total. The lowest BCUT2D eigenvalue weighted by atomic mass is 10.0. The molecule has 102 valence electrons. The zero-order valence-electron chi connectivity index (χ0n) is 10.7. The number of phenols is 2. The summed E-state index contributed by atoms with van der Waals surface area (Å²) in [5.74, 6) is -1.15. The number of rotatable bonds is 1. The maximum Gasteiger partial charge on any atom is 0.165 e. The minimum absolute atomic E-state index is 0.0456. The van der Waals surface area contributed by atoms with E-state index in [1.807, 2.05) is 6.07 Å². The Morgan fingerprint density at radius 2 is 1.86 bits per heavy atom. The summed E-state index contributed by atoms with van der Waals surface area (Å²) in [7, 11) is 0. The van der Waals surface area contributed by atoms with E-state index in [0.29, 0.717) is 27.7 Å². The number of aromatic nitrogens is 1. The molecule has 5 heteroatoms. The van der Waals surface area contributed by atoms with E-state index in [0.717, 1.165) is 6.07 Å². The fraction of sp³-hybridized carbons (Fsp3) is 0. The second kappa shape index (κ2) is 4.76. The molecule has 1 aromatic heterocycles. The van der Waals surface area contributed by atoms with E-state index >= 15 is 0 Å². The summed E-state index contributed by atoms with van der Waals surface area (Å²) in [6, 6.07) is 12.0. The van der Waals surface area contributed by atoms with Crippen LogP contribution in [0.3, 0.4) is 0 Å². The highest BCUT2D eigenvalue weighted by Crippen LogP contribution is 2.28. The summed E-state index contributed by atoms with van der Waals surface area (Å²) >= 11 is 0. The number of phenolic OH excluding ortho intramolecular Hbond substituents is 2. The van der Waals surface area contributed by atoms with Gasteiger partial charge in [0.15, 0.2) is 11.6 Å². The first-order valence-electron chi connectivity index (χ1n) is 6.11. The van der Waals surface area contributed by atoms with Gasteiger partial charge in [-0.2, -0.15) is 5.26 Å². The smallest absolute Gasteiger partial charge is 0.165 e. The van der Waals surface area contributed by atoms with Gasteiger partial charge in [0, 0.05) is 10.9 Å². The second-order valence-corrected chi connectivity index (χ2v) is 4.53. The Balaban J connectivity index is 2.27. The van der Waals surface area contributed by atoms with Crippen molar-refractivity contribution in [1.29, 1.82) is 5.26 Å². The fourth-order valence-electron chi connectivity index (χ4n) is 2.12. The SMILES string of the molecule is N#Cc1cc(-c2ccc(O)c(F)c2)nc2ccc(O)cc12. The molecule has 21 heavy (non-hydrogen) atoms. The Hall–Kier alpha value is -3.13. The number of benzene rings is 2. The van der Waals surface area contributed by atoms with E-state index in [9.17, 15) is 19.9 Å². The number of hydrogen-bond acceptors (Lipinski definition) is 4. The van der Waals surface area contributed by atoms with Crippen LogP contribution in [0, 0.1) is 17.1 Å². The molecular formula is C16H9FN2O2. The van der Waals surface area contributed by atoms with Gasteiger partial charge in [-0.05, 0) is 42.5 Å². The minimum Gasteiger partial charge on any atom is -0.508 e. The first kappa shape index (κ1) is 12.9. The number of nitriles is 1. The normalized spacial score (nSPS) is 10.5. The molecule has 0 spiro atoms. The fourth-order valence-corrected chi connectivity index (χ4v) is 2.12. The van der Waals surface area contributed by atoms with Crippen LogP contribution in [0.1, 0.15) is 5.56 Å². The highest BCUT2D eigenvalue weighted by atomic mass is 19.1. The van der Waals surface area contributed by atoms with E-state index < -0.39 is 11.6 Å². The van der Waals surface area contributed by atoms with Crippen molar-refractivity contribution in [3.63, 3.8) is 0 Å². The molecule has 0 bridgehead atoms. The first-order valence-corrected chi connectivity index (χ1v) is 6.11. The van der Waals surface area contributed by atoms with Crippen molar-refractivity contribution in [2.24, 2.45) is 0 Å². The van der Waals surface area contributed by atoms with Crippen molar-refractivity contribution < 1.29 is 14.6 Å². The van der Waals surface area contributed by atoms with E-state index in [2.05, 4.69) is 4.98 Å². The summed E-state index contributed by atoms with van der Waals surface area (Å²) in [6.45, 7) is 0. The number of pyridine rings is 1. The monoisotopic (exact) mass is 280 g/mol. The zero-order valence-corrected chi connectivity index (χ0v) is 10.7. The minimum atomic E-state index is -0.751. The average molecular weight is 280 g/mol. The lowest BCUT2D eigenvalue weighted by Crippen LogP contribution is -1.90. The van der Waals surface area contributed by atoms with Crippen LogP contribution in [-0.2, 0) is 0 Å². The number of hydrogen-bond donors (Lipinski definition) is 2. The molecule has 3 aromatic rings. The van der Waals surface area contributed by atoms with E-state index in [1.54, 1.807) is 6.07 Å². The maximum absolute atomic E-state index is 13.4. The topological polar surface area (TPSA) is 77.1 Å². The molecule has 0 saturated carbocycles. The summed E-state index contributed by atoms with van der Waals surface area (Å²) < 4.78 is 13.4. The molecule has 1 heterocycles. The van der Waals surface area contributed by atoms with Crippen LogP contribution >= 0.6 is 0 Å². The Kier molecular flexibility index (Phi) is 2.92. The highest BCUT2D eigenvalue weighted by molar-refractivity contribution is 5.88. The molecule has 0 aliphatic rings. The molecule has 0 amide bonds. The summed E-state index contributed by atoms with van der Waals surface area (Å²) in [5.41, 5.74) is 1.73. The molecule has 2 aromatic carbocycles. The molecule has 0 fully saturated rings. The molecule has 0 unspecified atom stereocenters. The number of fused-ring (bicyclic) bond motifs is 1. The van der Waals surface area contributed by atoms with Gasteiger partial charge >= 0.3 is 0 Å². The first-order chi connectivity index (χ1) is 10.1. The van der Waals surface area contributed by atoms with E-state index in [1.165, 1.54) is 30.3 Å². The van der Waals surface area contributed by atoms with Crippen molar-refractivity contribution in [2.45, 2.75) is 0 Å². The lowest BCUT2D eigenvalue weighted by Gasteiger charge is -2.06. The van der Waals surface area contributed by atoms with Gasteiger partial charge in [-0.3, -0.25) is 0 Å². The van der Waals surface area contributed by atoms with Crippen molar-refractivity contribution in [2.75, 3.05) is 0 Å². The van der Waals surface area contributed by atoms with E-state index in [4.69, 9.17) is 0 Å². The number of aromatic hydroxyl groups is 2. The summed E-state index contributed by atoms with van der Waals surface area (Å²) in [6.07, 6.45) is 0. The van der Waals surface area contributed by atoms with Crippen LogP contribution in [0.2, 0.25) is 0 Å². The largest absolute Gasteiger partial charge is 0.508 e. The predicted octanol–water partition coefficient (Wildman–Crippen LogP) is 3.32. The second-order valence-electron chi connectivity index (χ2n) is 4.53. The van der Waals surface area contributed by atoms with Crippen LogP contribution in [0.5, 0.6) is 11.5 Å². The van der Waals surface area contributed by atoms with Gasteiger partial charge in [0.05, 0.1) is 22.8 Å². The third-order valence-electron chi connectivity index (χ3n) is 3.16. The van der Waals surface area contributed by atoms with E-state index in [-0.39, 0.29) is 5.75 Å². The highest BCUT2D eigenvalue weighted by Gasteiger charge is 2.10. The van der Waals surface area contributed by atoms with Crippen LogP contribution in [0.15, 0.2) is 42.5 Å².